The maximum atomic E-state index is 12.3. The third-order valence-corrected chi connectivity index (χ3v) is 1.91. The van der Waals surface area contributed by atoms with E-state index in [4.69, 9.17) is 15.9 Å². The van der Waals surface area contributed by atoms with Gasteiger partial charge in [-0.2, -0.15) is 0 Å². The van der Waals surface area contributed by atoms with E-state index in [1.54, 1.807) is 18.4 Å². The molecular formula is C12H15FN2O. The number of halogens is 1. The summed E-state index contributed by atoms with van der Waals surface area (Å²) in [6, 6.07) is 9.95. The molecule has 1 aromatic carbocycles. The van der Waals surface area contributed by atoms with E-state index in [2.05, 4.69) is 0 Å². The number of hydrogen-bond acceptors (Lipinski definition) is 3. The van der Waals surface area contributed by atoms with Crippen molar-refractivity contribution in [2.24, 2.45) is 11.5 Å². The largest absolute Gasteiger partial charge is 0.468 e. The fraction of sp³-hybridized carbons (Fsp3) is 0.167. The molecule has 0 fully saturated rings. The minimum atomic E-state index is -0.224. The van der Waals surface area contributed by atoms with Crippen LogP contribution < -0.4 is 11.5 Å². The zero-order valence-corrected chi connectivity index (χ0v) is 8.90. The summed E-state index contributed by atoms with van der Waals surface area (Å²) < 4.78 is 17.2. The average Bonchev–Trinajstić information content (AvgIpc) is 2.82. The van der Waals surface area contributed by atoms with Gasteiger partial charge in [0.05, 0.1) is 12.8 Å². The van der Waals surface area contributed by atoms with Crippen LogP contribution in [-0.4, -0.2) is 0 Å². The standard InChI is InChI=1S/C7H8FN.C5H7NO/c8-7-3-1-2-6(4-7)5-9;6-4-5-2-1-3-7-5/h1-4H,5,9H2;1-3H,4,6H2. The van der Waals surface area contributed by atoms with Crippen molar-refractivity contribution < 1.29 is 8.81 Å². The van der Waals surface area contributed by atoms with Crippen LogP contribution in [0.2, 0.25) is 0 Å². The lowest BCUT2D eigenvalue weighted by atomic mass is 10.2. The summed E-state index contributed by atoms with van der Waals surface area (Å²) in [4.78, 5) is 0. The summed E-state index contributed by atoms with van der Waals surface area (Å²) in [6.45, 7) is 0.894. The molecule has 0 aliphatic rings. The van der Waals surface area contributed by atoms with Crippen LogP contribution in [0, 0.1) is 5.82 Å². The highest BCUT2D eigenvalue weighted by Gasteiger charge is 1.89. The van der Waals surface area contributed by atoms with Gasteiger partial charge in [0.25, 0.3) is 0 Å². The number of benzene rings is 1. The first-order chi connectivity index (χ1) is 7.76. The lowest BCUT2D eigenvalue weighted by molar-refractivity contribution is 0.512. The van der Waals surface area contributed by atoms with Crippen molar-refractivity contribution in [2.75, 3.05) is 0 Å². The second kappa shape index (κ2) is 6.76. The number of rotatable bonds is 2. The van der Waals surface area contributed by atoms with E-state index in [0.29, 0.717) is 13.1 Å². The third-order valence-electron chi connectivity index (χ3n) is 1.91. The molecule has 0 saturated carbocycles. The van der Waals surface area contributed by atoms with Crippen molar-refractivity contribution >= 4 is 0 Å². The molecule has 0 atom stereocenters. The predicted molar refractivity (Wildman–Crippen MR) is 60.9 cm³/mol. The van der Waals surface area contributed by atoms with E-state index < -0.39 is 0 Å². The highest BCUT2D eigenvalue weighted by molar-refractivity contribution is 5.15. The van der Waals surface area contributed by atoms with Crippen molar-refractivity contribution in [1.82, 2.24) is 0 Å². The van der Waals surface area contributed by atoms with Crippen LogP contribution in [0.3, 0.4) is 0 Å². The second-order valence-electron chi connectivity index (χ2n) is 3.12. The van der Waals surface area contributed by atoms with Crippen LogP contribution >= 0.6 is 0 Å². The van der Waals surface area contributed by atoms with E-state index in [-0.39, 0.29) is 5.82 Å². The first kappa shape index (κ1) is 12.4. The lowest BCUT2D eigenvalue weighted by Gasteiger charge is -1.92. The first-order valence-corrected chi connectivity index (χ1v) is 4.93. The van der Waals surface area contributed by atoms with Crippen LogP contribution in [0.1, 0.15) is 11.3 Å². The Hall–Kier alpha value is -1.65. The molecule has 4 heteroatoms. The monoisotopic (exact) mass is 222 g/mol. The number of nitrogens with two attached hydrogens (primary N) is 2. The Morgan fingerprint density at radius 1 is 1.06 bits per heavy atom. The van der Waals surface area contributed by atoms with Crippen molar-refractivity contribution in [3.63, 3.8) is 0 Å². The third kappa shape index (κ3) is 4.25. The highest BCUT2D eigenvalue weighted by Crippen LogP contribution is 2.00. The van der Waals surface area contributed by atoms with Crippen LogP contribution in [0.4, 0.5) is 4.39 Å². The second-order valence-corrected chi connectivity index (χ2v) is 3.12. The predicted octanol–water partition coefficient (Wildman–Crippen LogP) is 2.02. The first-order valence-electron chi connectivity index (χ1n) is 4.93. The molecule has 2 rings (SSSR count). The Bertz CT molecular complexity index is 401. The van der Waals surface area contributed by atoms with Gasteiger partial charge in [0.15, 0.2) is 0 Å². The summed E-state index contributed by atoms with van der Waals surface area (Å²) in [6.07, 6.45) is 1.61. The fourth-order valence-electron chi connectivity index (χ4n) is 1.09. The molecule has 0 radical (unpaired) electrons. The van der Waals surface area contributed by atoms with E-state index in [0.717, 1.165) is 11.3 Å². The van der Waals surface area contributed by atoms with Gasteiger partial charge in [0.1, 0.15) is 11.6 Å². The maximum absolute atomic E-state index is 12.3. The summed E-state index contributed by atoms with van der Waals surface area (Å²) in [5.41, 5.74) is 11.3. The van der Waals surface area contributed by atoms with Crippen LogP contribution in [-0.2, 0) is 13.1 Å². The van der Waals surface area contributed by atoms with E-state index in [9.17, 15) is 4.39 Å². The SMILES string of the molecule is NCc1cccc(F)c1.NCc1ccco1. The van der Waals surface area contributed by atoms with Gasteiger partial charge >= 0.3 is 0 Å². The van der Waals surface area contributed by atoms with Gasteiger partial charge in [-0.1, -0.05) is 12.1 Å². The normalized spacial score (nSPS) is 9.44. The van der Waals surface area contributed by atoms with E-state index in [1.165, 1.54) is 12.1 Å². The molecule has 0 bridgehead atoms. The molecule has 16 heavy (non-hydrogen) atoms. The van der Waals surface area contributed by atoms with Crippen molar-refractivity contribution in [1.29, 1.82) is 0 Å². The molecule has 4 N–H and O–H groups in total. The summed E-state index contributed by atoms with van der Waals surface area (Å²) in [5, 5.41) is 0. The lowest BCUT2D eigenvalue weighted by Crippen LogP contribution is -1.95. The zero-order chi connectivity index (χ0) is 11.8. The number of hydrogen-bond donors (Lipinski definition) is 2. The molecule has 0 aliphatic heterocycles. The molecule has 3 nitrogen and oxygen atoms in total. The molecule has 0 aliphatic carbocycles. The van der Waals surface area contributed by atoms with Gasteiger partial charge in [-0.25, -0.2) is 4.39 Å². The van der Waals surface area contributed by atoms with Gasteiger partial charge in [0.2, 0.25) is 0 Å². The molecule has 2 aromatic rings. The molecule has 1 aromatic heterocycles. The smallest absolute Gasteiger partial charge is 0.123 e. The van der Waals surface area contributed by atoms with Crippen LogP contribution in [0.5, 0.6) is 0 Å². The Morgan fingerprint density at radius 3 is 2.25 bits per heavy atom. The van der Waals surface area contributed by atoms with Gasteiger partial charge < -0.3 is 15.9 Å². The van der Waals surface area contributed by atoms with E-state index in [1.807, 2.05) is 12.1 Å². The molecule has 1 heterocycles. The van der Waals surface area contributed by atoms with Crippen LogP contribution in [0.15, 0.2) is 47.1 Å². The minimum absolute atomic E-state index is 0.224. The molecule has 86 valence electrons. The van der Waals surface area contributed by atoms with Crippen molar-refractivity contribution in [3.05, 3.63) is 59.8 Å². The summed E-state index contributed by atoms with van der Waals surface area (Å²) in [7, 11) is 0. The van der Waals surface area contributed by atoms with Crippen molar-refractivity contribution in [3.8, 4) is 0 Å². The Labute approximate surface area is 93.9 Å². The molecule has 0 saturated heterocycles. The molecule has 0 amide bonds. The average molecular weight is 222 g/mol. The van der Waals surface area contributed by atoms with E-state index >= 15 is 0 Å². The van der Waals surface area contributed by atoms with Gasteiger partial charge in [-0.05, 0) is 29.8 Å². The van der Waals surface area contributed by atoms with Gasteiger partial charge in [-0.3, -0.25) is 0 Å². The maximum Gasteiger partial charge on any atom is 0.123 e. The highest BCUT2D eigenvalue weighted by atomic mass is 19.1. The summed E-state index contributed by atoms with van der Waals surface area (Å²) >= 11 is 0. The van der Waals surface area contributed by atoms with Crippen molar-refractivity contribution in [2.45, 2.75) is 13.1 Å². The fourth-order valence-corrected chi connectivity index (χ4v) is 1.09. The topological polar surface area (TPSA) is 65.2 Å². The molecule has 0 unspecified atom stereocenters. The Morgan fingerprint density at radius 2 is 1.88 bits per heavy atom. The van der Waals surface area contributed by atoms with Gasteiger partial charge in [-0.15, -0.1) is 0 Å². The van der Waals surface area contributed by atoms with Crippen LogP contribution in [0.25, 0.3) is 0 Å². The Kier molecular flexibility index (Phi) is 5.25. The quantitative estimate of drug-likeness (QED) is 0.817. The minimum Gasteiger partial charge on any atom is -0.468 e. The molecule has 0 spiro atoms. The molecular weight excluding hydrogens is 207 g/mol. The summed E-state index contributed by atoms with van der Waals surface area (Å²) in [5.74, 6) is 0.609. The van der Waals surface area contributed by atoms with Gasteiger partial charge in [0, 0.05) is 6.54 Å². The zero-order valence-electron chi connectivity index (χ0n) is 8.90. The number of furan rings is 1. The Balaban J connectivity index is 0.000000165.